The largest absolute Gasteiger partial charge is 0.379 e. The second-order valence-corrected chi connectivity index (χ2v) is 6.15. The predicted octanol–water partition coefficient (Wildman–Crippen LogP) is 1.11. The van der Waals surface area contributed by atoms with Gasteiger partial charge < -0.3 is 14.5 Å². The quantitative estimate of drug-likeness (QED) is 0.833. The van der Waals surface area contributed by atoms with Crippen LogP contribution in [0.5, 0.6) is 0 Å². The number of morpholine rings is 1. The summed E-state index contributed by atoms with van der Waals surface area (Å²) in [6, 6.07) is 7.53. The van der Waals surface area contributed by atoms with E-state index in [1.165, 1.54) is 0 Å². The van der Waals surface area contributed by atoms with Crippen LogP contribution in [0.15, 0.2) is 18.2 Å². The summed E-state index contributed by atoms with van der Waals surface area (Å²) in [6.07, 6.45) is 0. The predicted molar refractivity (Wildman–Crippen MR) is 87.4 cm³/mol. The average molecular weight is 314 g/mol. The van der Waals surface area contributed by atoms with Gasteiger partial charge in [0.2, 0.25) is 0 Å². The van der Waals surface area contributed by atoms with E-state index in [9.17, 15) is 10.1 Å². The molecule has 1 unspecified atom stereocenters. The Morgan fingerprint density at radius 1 is 1.30 bits per heavy atom. The van der Waals surface area contributed by atoms with Crippen LogP contribution in [0.1, 0.15) is 22.0 Å². The highest BCUT2D eigenvalue weighted by molar-refractivity contribution is 6.00. The first-order valence-electron chi connectivity index (χ1n) is 7.94. The lowest BCUT2D eigenvalue weighted by Gasteiger charge is -2.29. The molecule has 0 aromatic heterocycles. The minimum absolute atomic E-state index is 0.0369. The van der Waals surface area contributed by atoms with Crippen LogP contribution < -0.4 is 4.90 Å². The number of carbonyl (C=O) groups excluding carboxylic acids is 1. The zero-order valence-electron chi connectivity index (χ0n) is 13.7. The lowest BCUT2D eigenvalue weighted by molar-refractivity contribution is 0.0320. The van der Waals surface area contributed by atoms with Crippen LogP contribution in [0.25, 0.3) is 0 Å². The number of ether oxygens (including phenoxy) is 1. The van der Waals surface area contributed by atoms with Crippen LogP contribution in [0.3, 0.4) is 0 Å². The number of anilines is 1. The van der Waals surface area contributed by atoms with Crippen molar-refractivity contribution in [2.75, 3.05) is 58.4 Å². The van der Waals surface area contributed by atoms with Crippen molar-refractivity contribution in [3.8, 4) is 6.07 Å². The normalized spacial score (nSPS) is 21.2. The van der Waals surface area contributed by atoms with Crippen molar-refractivity contribution in [3.05, 3.63) is 29.3 Å². The van der Waals surface area contributed by atoms with Crippen molar-refractivity contribution in [2.24, 2.45) is 0 Å². The lowest BCUT2D eigenvalue weighted by Crippen LogP contribution is -2.42. The molecular formula is C17H22N4O2. The lowest BCUT2D eigenvalue weighted by atomic mass is 10.0. The van der Waals surface area contributed by atoms with Crippen molar-refractivity contribution < 1.29 is 9.53 Å². The summed E-state index contributed by atoms with van der Waals surface area (Å²) >= 11 is 0. The molecule has 0 radical (unpaired) electrons. The molecule has 1 amide bonds. The minimum atomic E-state index is -0.488. The van der Waals surface area contributed by atoms with E-state index in [4.69, 9.17) is 4.74 Å². The molecule has 3 rings (SSSR count). The fourth-order valence-electron chi connectivity index (χ4n) is 3.13. The topological polar surface area (TPSA) is 59.8 Å². The fraction of sp³-hybridized carbons (Fsp3) is 0.529. The Kier molecular flexibility index (Phi) is 4.51. The molecule has 23 heavy (non-hydrogen) atoms. The number of hydrogen-bond donors (Lipinski definition) is 0. The number of fused-ring (bicyclic) bond motifs is 1. The number of benzene rings is 1. The molecule has 2 aliphatic heterocycles. The van der Waals surface area contributed by atoms with Crippen LogP contribution in [0, 0.1) is 11.3 Å². The van der Waals surface area contributed by atoms with Gasteiger partial charge in [0.1, 0.15) is 6.04 Å². The SMILES string of the molecule is CN(C)c1ccc2c(c1)C(C#N)N(CCN1CCOCC1)C2=O. The van der Waals surface area contributed by atoms with Crippen molar-refractivity contribution >= 4 is 11.6 Å². The summed E-state index contributed by atoms with van der Waals surface area (Å²) < 4.78 is 5.34. The Bertz CT molecular complexity index is 632. The number of nitrogens with zero attached hydrogens (tertiary/aromatic N) is 4. The molecule has 1 aromatic rings. The summed E-state index contributed by atoms with van der Waals surface area (Å²) in [5.74, 6) is -0.0369. The molecule has 0 spiro atoms. The van der Waals surface area contributed by atoms with E-state index in [0.29, 0.717) is 12.1 Å². The average Bonchev–Trinajstić information content (AvgIpc) is 2.85. The maximum absolute atomic E-state index is 12.6. The van der Waals surface area contributed by atoms with Gasteiger partial charge in [0.05, 0.1) is 19.3 Å². The van der Waals surface area contributed by atoms with E-state index in [1.807, 2.05) is 37.2 Å². The van der Waals surface area contributed by atoms with Crippen molar-refractivity contribution in [1.82, 2.24) is 9.80 Å². The Hall–Kier alpha value is -2.10. The second-order valence-electron chi connectivity index (χ2n) is 6.15. The molecule has 2 aliphatic rings. The van der Waals surface area contributed by atoms with Crippen LogP contribution in [-0.4, -0.2) is 69.2 Å². The molecule has 1 aromatic carbocycles. The number of rotatable bonds is 4. The van der Waals surface area contributed by atoms with Crippen molar-refractivity contribution in [3.63, 3.8) is 0 Å². The molecule has 2 heterocycles. The maximum atomic E-state index is 12.6. The molecule has 1 atom stereocenters. The third kappa shape index (κ3) is 3.03. The first-order chi connectivity index (χ1) is 11.1. The Morgan fingerprint density at radius 2 is 2.04 bits per heavy atom. The molecule has 122 valence electrons. The molecule has 1 saturated heterocycles. The van der Waals surface area contributed by atoms with Crippen LogP contribution in [-0.2, 0) is 4.74 Å². The Labute approximate surface area is 136 Å². The van der Waals surface area contributed by atoms with E-state index in [-0.39, 0.29) is 5.91 Å². The van der Waals surface area contributed by atoms with Gasteiger partial charge in [-0.1, -0.05) is 0 Å². The summed E-state index contributed by atoms with van der Waals surface area (Å²) in [4.78, 5) is 18.6. The number of hydrogen-bond acceptors (Lipinski definition) is 5. The van der Waals surface area contributed by atoms with Gasteiger partial charge >= 0.3 is 0 Å². The summed E-state index contributed by atoms with van der Waals surface area (Å²) in [5, 5.41) is 9.58. The first-order valence-corrected chi connectivity index (χ1v) is 7.94. The summed E-state index contributed by atoms with van der Waals surface area (Å²) in [6.45, 7) is 4.60. The number of amides is 1. The molecule has 6 nitrogen and oxygen atoms in total. The van der Waals surface area contributed by atoms with Gasteiger partial charge in [0.15, 0.2) is 0 Å². The fourth-order valence-corrected chi connectivity index (χ4v) is 3.13. The maximum Gasteiger partial charge on any atom is 0.255 e. The van der Waals surface area contributed by atoms with Gasteiger partial charge in [0, 0.05) is 57.1 Å². The number of nitriles is 1. The molecule has 0 N–H and O–H groups in total. The van der Waals surface area contributed by atoms with Crippen LogP contribution in [0.4, 0.5) is 5.69 Å². The highest BCUT2D eigenvalue weighted by atomic mass is 16.5. The Morgan fingerprint density at radius 3 is 2.70 bits per heavy atom. The van der Waals surface area contributed by atoms with Gasteiger partial charge in [-0.15, -0.1) is 0 Å². The molecule has 0 bridgehead atoms. The third-order valence-corrected chi connectivity index (χ3v) is 4.53. The Balaban J connectivity index is 1.77. The zero-order valence-corrected chi connectivity index (χ0v) is 13.7. The third-order valence-electron chi connectivity index (χ3n) is 4.53. The number of carbonyl (C=O) groups is 1. The second kappa shape index (κ2) is 6.57. The summed E-state index contributed by atoms with van der Waals surface area (Å²) in [7, 11) is 3.91. The van der Waals surface area contributed by atoms with Gasteiger partial charge in [-0.2, -0.15) is 5.26 Å². The smallest absolute Gasteiger partial charge is 0.255 e. The van der Waals surface area contributed by atoms with Crippen molar-refractivity contribution in [2.45, 2.75) is 6.04 Å². The molecule has 0 aliphatic carbocycles. The van der Waals surface area contributed by atoms with E-state index in [1.54, 1.807) is 4.90 Å². The minimum Gasteiger partial charge on any atom is -0.379 e. The van der Waals surface area contributed by atoms with E-state index < -0.39 is 6.04 Å². The van der Waals surface area contributed by atoms with Gasteiger partial charge in [-0.05, 0) is 18.2 Å². The van der Waals surface area contributed by atoms with Gasteiger partial charge in [-0.25, -0.2) is 0 Å². The standard InChI is InChI=1S/C17H22N4O2/c1-19(2)13-3-4-14-15(11-13)16(12-18)21(17(14)22)6-5-20-7-9-23-10-8-20/h3-4,11,16H,5-10H2,1-2H3. The first kappa shape index (κ1) is 15.8. The van der Waals surface area contributed by atoms with E-state index in [2.05, 4.69) is 11.0 Å². The summed E-state index contributed by atoms with van der Waals surface area (Å²) in [5.41, 5.74) is 2.49. The van der Waals surface area contributed by atoms with E-state index in [0.717, 1.165) is 44.1 Å². The molecule has 1 fully saturated rings. The highest BCUT2D eigenvalue weighted by Crippen LogP contribution is 2.35. The van der Waals surface area contributed by atoms with Crippen LogP contribution in [0.2, 0.25) is 0 Å². The van der Waals surface area contributed by atoms with Crippen molar-refractivity contribution in [1.29, 1.82) is 5.26 Å². The molecule has 0 saturated carbocycles. The molecular weight excluding hydrogens is 292 g/mol. The molecule has 6 heteroatoms. The van der Waals surface area contributed by atoms with E-state index >= 15 is 0 Å². The van der Waals surface area contributed by atoms with Gasteiger partial charge in [0.25, 0.3) is 5.91 Å². The van der Waals surface area contributed by atoms with Gasteiger partial charge in [-0.3, -0.25) is 9.69 Å². The highest BCUT2D eigenvalue weighted by Gasteiger charge is 2.37. The zero-order chi connectivity index (χ0) is 16.4. The monoisotopic (exact) mass is 314 g/mol. The van der Waals surface area contributed by atoms with Crippen LogP contribution >= 0.6 is 0 Å².